The van der Waals surface area contributed by atoms with E-state index in [1.807, 2.05) is 91.0 Å². The maximum Gasteiger partial charge on any atom is 0.243 e. The minimum Gasteiger partial charge on any atom is -0.347 e. The molecular formula is C31H31N4O4P. The first-order chi connectivity index (χ1) is 19.4. The van der Waals surface area contributed by atoms with Gasteiger partial charge in [0.25, 0.3) is 0 Å². The Kier molecular flexibility index (Phi) is 9.31. The van der Waals surface area contributed by atoms with Gasteiger partial charge in [-0.15, -0.1) is 0 Å². The average Bonchev–Trinajstić information content (AvgIpc) is 3.49. The SMILES string of the molecule is CC(=O)NCC(=O)N1CCCC1C(=O)NCC(=O)C(C#N)=P(c1ccccc1)(c1ccccc1)c1ccccc1. The quantitative estimate of drug-likeness (QED) is 0.389. The Morgan fingerprint density at radius 2 is 1.32 bits per heavy atom. The zero-order chi connectivity index (χ0) is 28.5. The van der Waals surface area contributed by atoms with Crippen LogP contribution < -0.4 is 26.5 Å². The van der Waals surface area contributed by atoms with Crippen molar-refractivity contribution in [2.45, 2.75) is 25.8 Å². The van der Waals surface area contributed by atoms with Crippen molar-refractivity contribution in [3.05, 3.63) is 91.0 Å². The number of amides is 3. The van der Waals surface area contributed by atoms with Crippen molar-refractivity contribution in [1.82, 2.24) is 15.5 Å². The van der Waals surface area contributed by atoms with Gasteiger partial charge in [0.1, 0.15) is 17.4 Å². The van der Waals surface area contributed by atoms with E-state index in [1.54, 1.807) is 0 Å². The van der Waals surface area contributed by atoms with Crippen LogP contribution in [0.15, 0.2) is 91.0 Å². The summed E-state index contributed by atoms with van der Waals surface area (Å²) in [4.78, 5) is 52.2. The van der Waals surface area contributed by atoms with E-state index in [0.29, 0.717) is 19.4 Å². The molecule has 1 atom stereocenters. The third-order valence-electron chi connectivity index (χ3n) is 6.92. The minimum absolute atomic E-state index is 0.0846. The van der Waals surface area contributed by atoms with Gasteiger partial charge < -0.3 is 15.5 Å². The highest BCUT2D eigenvalue weighted by Gasteiger charge is 2.36. The van der Waals surface area contributed by atoms with E-state index in [-0.39, 0.29) is 30.2 Å². The monoisotopic (exact) mass is 554 g/mol. The molecule has 3 amide bonds. The lowest BCUT2D eigenvalue weighted by atomic mass is 10.2. The standard InChI is InChI=1S/C31H31N4O4P/c1-23(36)33-22-30(38)35-19-11-18-27(35)31(39)34-21-28(37)29(20-32)40(24-12-5-2-6-13-24,25-14-7-3-8-15-25)26-16-9-4-10-17-26/h2-10,12-17,27H,11,18-19,21-22H2,1H3,(H,33,36)(H,34,39). The number of carbonyl (C=O) groups excluding carboxylic acids is 4. The molecule has 1 saturated heterocycles. The lowest BCUT2D eigenvalue weighted by Gasteiger charge is -2.30. The lowest BCUT2D eigenvalue weighted by molar-refractivity contribution is -0.138. The van der Waals surface area contributed by atoms with Crippen molar-refractivity contribution >= 4 is 51.6 Å². The Morgan fingerprint density at radius 3 is 1.77 bits per heavy atom. The van der Waals surface area contributed by atoms with Crippen molar-refractivity contribution in [1.29, 1.82) is 5.26 Å². The molecular weight excluding hydrogens is 523 g/mol. The van der Waals surface area contributed by atoms with Gasteiger partial charge in [-0.3, -0.25) is 19.2 Å². The number of benzene rings is 3. The van der Waals surface area contributed by atoms with E-state index in [0.717, 1.165) is 15.9 Å². The van der Waals surface area contributed by atoms with Gasteiger partial charge in [0.15, 0.2) is 5.78 Å². The average molecular weight is 555 g/mol. The summed E-state index contributed by atoms with van der Waals surface area (Å²) >= 11 is 0. The highest BCUT2D eigenvalue weighted by Crippen LogP contribution is 2.46. The largest absolute Gasteiger partial charge is 0.347 e. The first kappa shape index (κ1) is 28.5. The minimum atomic E-state index is -2.90. The fourth-order valence-electron chi connectivity index (χ4n) is 5.12. The molecule has 1 aliphatic heterocycles. The summed E-state index contributed by atoms with van der Waals surface area (Å²) in [5.74, 6) is -1.62. The van der Waals surface area contributed by atoms with Gasteiger partial charge in [0.2, 0.25) is 17.7 Å². The van der Waals surface area contributed by atoms with Crippen molar-refractivity contribution in [2.24, 2.45) is 0 Å². The molecule has 3 aromatic rings. The van der Waals surface area contributed by atoms with E-state index < -0.39 is 24.6 Å². The molecule has 0 radical (unpaired) electrons. The number of likely N-dealkylation sites (tertiary alicyclic amines) is 1. The normalized spacial score (nSPS) is 14.6. The van der Waals surface area contributed by atoms with Crippen LogP contribution in [0.3, 0.4) is 0 Å². The molecule has 1 fully saturated rings. The molecule has 4 rings (SSSR count). The number of nitrogens with one attached hydrogen (secondary N) is 2. The molecule has 0 saturated carbocycles. The Labute approximate surface area is 234 Å². The van der Waals surface area contributed by atoms with Crippen molar-refractivity contribution in [2.75, 3.05) is 19.6 Å². The number of hydrogen-bond donors (Lipinski definition) is 2. The molecule has 0 spiro atoms. The van der Waals surface area contributed by atoms with Crippen LogP contribution in [0.4, 0.5) is 0 Å². The summed E-state index contributed by atoms with van der Waals surface area (Å²) < 4.78 is 0. The molecule has 204 valence electrons. The predicted octanol–water partition coefficient (Wildman–Crippen LogP) is 1.49. The van der Waals surface area contributed by atoms with Gasteiger partial charge in [0.05, 0.1) is 13.1 Å². The molecule has 1 heterocycles. The van der Waals surface area contributed by atoms with Gasteiger partial charge in [-0.1, -0.05) is 91.0 Å². The Hall–Kier alpha value is -4.47. The smallest absolute Gasteiger partial charge is 0.243 e. The van der Waals surface area contributed by atoms with E-state index in [2.05, 4.69) is 16.7 Å². The fourth-order valence-corrected chi connectivity index (χ4v) is 9.25. The first-order valence-corrected chi connectivity index (χ1v) is 14.9. The van der Waals surface area contributed by atoms with Crippen molar-refractivity contribution < 1.29 is 19.2 Å². The summed E-state index contributed by atoms with van der Waals surface area (Å²) in [6, 6.07) is 30.2. The van der Waals surface area contributed by atoms with Gasteiger partial charge in [-0.2, -0.15) is 5.26 Å². The van der Waals surface area contributed by atoms with Crippen LogP contribution in [0.25, 0.3) is 0 Å². The first-order valence-electron chi connectivity index (χ1n) is 13.1. The third kappa shape index (κ3) is 5.90. The molecule has 3 aromatic carbocycles. The van der Waals surface area contributed by atoms with Crippen LogP contribution in [0.5, 0.6) is 0 Å². The maximum absolute atomic E-state index is 13.9. The van der Waals surface area contributed by atoms with Crippen LogP contribution in [0.1, 0.15) is 19.8 Å². The number of hydrogen-bond acceptors (Lipinski definition) is 5. The highest BCUT2D eigenvalue weighted by molar-refractivity contribution is 7.97. The van der Waals surface area contributed by atoms with Crippen LogP contribution in [0.2, 0.25) is 0 Å². The molecule has 0 aliphatic carbocycles. The number of nitriles is 1. The molecule has 0 bridgehead atoms. The Morgan fingerprint density at radius 1 is 0.825 bits per heavy atom. The molecule has 40 heavy (non-hydrogen) atoms. The molecule has 1 unspecified atom stereocenters. The van der Waals surface area contributed by atoms with E-state index in [4.69, 9.17) is 0 Å². The summed E-state index contributed by atoms with van der Waals surface area (Å²) in [5, 5.41) is 18.3. The molecule has 0 aromatic heterocycles. The highest BCUT2D eigenvalue weighted by atomic mass is 31.2. The molecule has 8 nitrogen and oxygen atoms in total. The van der Waals surface area contributed by atoms with Crippen LogP contribution in [0, 0.1) is 11.3 Å². The topological polar surface area (TPSA) is 119 Å². The second-order valence-corrected chi connectivity index (χ2v) is 12.8. The van der Waals surface area contributed by atoms with Gasteiger partial charge in [-0.25, -0.2) is 0 Å². The second-order valence-electron chi connectivity index (χ2n) is 9.43. The third-order valence-corrected chi connectivity index (χ3v) is 11.2. The zero-order valence-corrected chi connectivity index (χ0v) is 23.1. The second kappa shape index (κ2) is 13.1. The van der Waals surface area contributed by atoms with E-state index in [1.165, 1.54) is 11.8 Å². The number of ketones is 1. The maximum atomic E-state index is 13.9. The van der Waals surface area contributed by atoms with Gasteiger partial charge in [0, 0.05) is 13.5 Å². The summed E-state index contributed by atoms with van der Waals surface area (Å²) in [5.41, 5.74) is 0. The Balaban J connectivity index is 1.72. The predicted molar refractivity (Wildman–Crippen MR) is 157 cm³/mol. The summed E-state index contributed by atoms with van der Waals surface area (Å²) in [7, 11) is 0. The zero-order valence-electron chi connectivity index (χ0n) is 22.2. The van der Waals surface area contributed by atoms with Gasteiger partial charge >= 0.3 is 0 Å². The Bertz CT molecular complexity index is 1380. The van der Waals surface area contributed by atoms with E-state index in [9.17, 15) is 24.4 Å². The van der Waals surface area contributed by atoms with Crippen LogP contribution in [-0.4, -0.2) is 59.4 Å². The van der Waals surface area contributed by atoms with Crippen LogP contribution >= 0.6 is 6.89 Å². The van der Waals surface area contributed by atoms with Crippen LogP contribution in [-0.2, 0) is 19.2 Å². The number of rotatable bonds is 9. The van der Waals surface area contributed by atoms with Gasteiger partial charge in [-0.05, 0) is 35.6 Å². The van der Waals surface area contributed by atoms with Crippen molar-refractivity contribution in [3.63, 3.8) is 0 Å². The molecule has 2 N–H and O–H groups in total. The number of nitrogens with zero attached hydrogens (tertiary/aromatic N) is 2. The number of Topliss-reactive ketones (excluding diaryl/α,β-unsaturated/α-hetero) is 1. The summed E-state index contributed by atoms with van der Waals surface area (Å²) in [6.45, 7) is -1.76. The lowest BCUT2D eigenvalue weighted by Crippen LogP contribution is -2.50. The number of carbonyl (C=O) groups is 4. The van der Waals surface area contributed by atoms with E-state index >= 15 is 0 Å². The van der Waals surface area contributed by atoms with Crippen molar-refractivity contribution in [3.8, 4) is 6.07 Å². The fraction of sp³-hybridized carbons (Fsp3) is 0.226. The summed E-state index contributed by atoms with van der Waals surface area (Å²) in [6.07, 6.45) is 1.09. The molecule has 9 heteroatoms. The molecule has 1 aliphatic rings.